The second-order valence-corrected chi connectivity index (χ2v) is 5.93. The molecule has 1 aromatic carbocycles. The lowest BCUT2D eigenvalue weighted by Gasteiger charge is -2.26. The quantitative estimate of drug-likeness (QED) is 0.856. The minimum absolute atomic E-state index is 0.0480. The van der Waals surface area contributed by atoms with Gasteiger partial charge in [-0.2, -0.15) is 0 Å². The Hall–Kier alpha value is -2.61. The zero-order chi connectivity index (χ0) is 18.0. The monoisotopic (exact) mass is 348 g/mol. The number of esters is 1. The molecule has 2 atom stereocenters. The number of hydrogen-bond donors (Lipinski definition) is 1. The van der Waals surface area contributed by atoms with Gasteiger partial charge in [-0.3, -0.25) is 4.90 Å². The van der Waals surface area contributed by atoms with Gasteiger partial charge in [0.05, 0.1) is 13.2 Å². The SMILES string of the molecule is COC(=O)c1ccc(N[C@H]2CCN(C)[C@@H]2c2ccc(F)c(F)c2)nn1. The topological polar surface area (TPSA) is 67.3 Å². The van der Waals surface area contributed by atoms with E-state index in [-0.39, 0.29) is 17.8 Å². The first-order chi connectivity index (χ1) is 12.0. The Labute approximate surface area is 143 Å². The molecule has 0 saturated carbocycles. The number of likely N-dealkylation sites (tertiary alicyclic amines) is 1. The maximum Gasteiger partial charge on any atom is 0.358 e. The van der Waals surface area contributed by atoms with Crippen molar-refractivity contribution < 1.29 is 18.3 Å². The highest BCUT2D eigenvalue weighted by molar-refractivity contribution is 5.86. The number of nitrogens with one attached hydrogen (secondary N) is 1. The Kier molecular flexibility index (Phi) is 4.89. The molecule has 0 radical (unpaired) electrons. The van der Waals surface area contributed by atoms with Crippen molar-refractivity contribution in [2.24, 2.45) is 0 Å². The van der Waals surface area contributed by atoms with Crippen molar-refractivity contribution in [3.8, 4) is 0 Å². The van der Waals surface area contributed by atoms with Crippen LogP contribution in [-0.4, -0.2) is 47.8 Å². The molecule has 1 aliphatic heterocycles. The summed E-state index contributed by atoms with van der Waals surface area (Å²) >= 11 is 0. The van der Waals surface area contributed by atoms with E-state index in [0.29, 0.717) is 11.4 Å². The van der Waals surface area contributed by atoms with Gasteiger partial charge in [0.1, 0.15) is 5.82 Å². The summed E-state index contributed by atoms with van der Waals surface area (Å²) in [6.45, 7) is 0.801. The van der Waals surface area contributed by atoms with Crippen molar-refractivity contribution in [2.45, 2.75) is 18.5 Å². The molecule has 0 amide bonds. The smallest absolute Gasteiger partial charge is 0.358 e. The molecule has 132 valence electrons. The van der Waals surface area contributed by atoms with E-state index >= 15 is 0 Å². The molecule has 2 heterocycles. The molecule has 0 unspecified atom stereocenters. The van der Waals surface area contributed by atoms with Gasteiger partial charge in [0, 0.05) is 12.6 Å². The van der Waals surface area contributed by atoms with Crippen LogP contribution in [0.15, 0.2) is 30.3 Å². The molecule has 1 aliphatic rings. The van der Waals surface area contributed by atoms with Crippen LogP contribution >= 0.6 is 0 Å². The number of benzene rings is 1. The molecular formula is C17H18F2N4O2. The van der Waals surface area contributed by atoms with Crippen molar-refractivity contribution in [1.82, 2.24) is 15.1 Å². The fourth-order valence-corrected chi connectivity index (χ4v) is 3.09. The van der Waals surface area contributed by atoms with E-state index in [1.165, 1.54) is 19.2 Å². The molecule has 6 nitrogen and oxygen atoms in total. The Bertz CT molecular complexity index is 770. The largest absolute Gasteiger partial charge is 0.464 e. The zero-order valence-corrected chi connectivity index (χ0v) is 13.9. The van der Waals surface area contributed by atoms with Crippen LogP contribution in [0.2, 0.25) is 0 Å². The van der Waals surface area contributed by atoms with Crippen LogP contribution in [-0.2, 0) is 4.74 Å². The molecule has 0 aliphatic carbocycles. The lowest BCUT2D eigenvalue weighted by Crippen LogP contribution is -2.29. The second kappa shape index (κ2) is 7.10. The molecule has 8 heteroatoms. The summed E-state index contributed by atoms with van der Waals surface area (Å²) in [5.74, 6) is -1.78. The number of rotatable bonds is 4. The summed E-state index contributed by atoms with van der Waals surface area (Å²) in [6, 6.07) is 6.93. The summed E-state index contributed by atoms with van der Waals surface area (Å²) in [4.78, 5) is 13.5. The van der Waals surface area contributed by atoms with E-state index in [1.54, 1.807) is 12.1 Å². The van der Waals surface area contributed by atoms with Gasteiger partial charge in [-0.05, 0) is 43.3 Å². The zero-order valence-electron chi connectivity index (χ0n) is 13.9. The predicted molar refractivity (Wildman–Crippen MR) is 87.1 cm³/mol. The van der Waals surface area contributed by atoms with Crippen LogP contribution in [0, 0.1) is 11.6 Å². The first-order valence-corrected chi connectivity index (χ1v) is 7.83. The lowest BCUT2D eigenvalue weighted by molar-refractivity contribution is 0.0592. The number of carbonyl (C=O) groups is 1. The van der Waals surface area contributed by atoms with Crippen LogP contribution in [0.1, 0.15) is 28.5 Å². The number of anilines is 1. The number of hydrogen-bond acceptors (Lipinski definition) is 6. The van der Waals surface area contributed by atoms with Crippen LogP contribution in [0.4, 0.5) is 14.6 Å². The summed E-state index contributed by atoms with van der Waals surface area (Å²) in [7, 11) is 3.20. The average molecular weight is 348 g/mol. The van der Waals surface area contributed by atoms with Crippen molar-refractivity contribution >= 4 is 11.8 Å². The van der Waals surface area contributed by atoms with Crippen LogP contribution in [0.5, 0.6) is 0 Å². The van der Waals surface area contributed by atoms with Gasteiger partial charge in [0.25, 0.3) is 0 Å². The van der Waals surface area contributed by atoms with Crippen molar-refractivity contribution in [1.29, 1.82) is 0 Å². The first-order valence-electron chi connectivity index (χ1n) is 7.83. The number of nitrogens with zero attached hydrogens (tertiary/aromatic N) is 3. The fourth-order valence-electron chi connectivity index (χ4n) is 3.09. The Morgan fingerprint density at radius 2 is 2.04 bits per heavy atom. The highest BCUT2D eigenvalue weighted by atomic mass is 19.2. The summed E-state index contributed by atoms with van der Waals surface area (Å²) in [5, 5.41) is 11.1. The summed E-state index contributed by atoms with van der Waals surface area (Å²) in [6.07, 6.45) is 0.806. The number of aromatic nitrogens is 2. The van der Waals surface area contributed by atoms with Gasteiger partial charge >= 0.3 is 5.97 Å². The summed E-state index contributed by atoms with van der Waals surface area (Å²) < 4.78 is 31.4. The second-order valence-electron chi connectivity index (χ2n) is 5.93. The normalized spacial score (nSPS) is 20.5. The van der Waals surface area contributed by atoms with Gasteiger partial charge in [-0.15, -0.1) is 10.2 Å². The fraction of sp³-hybridized carbons (Fsp3) is 0.353. The third-order valence-electron chi connectivity index (χ3n) is 4.33. The first kappa shape index (κ1) is 17.2. The van der Waals surface area contributed by atoms with Gasteiger partial charge in [0.15, 0.2) is 17.3 Å². The minimum Gasteiger partial charge on any atom is -0.464 e. The summed E-state index contributed by atoms with van der Waals surface area (Å²) in [5.41, 5.74) is 0.810. The molecule has 1 fully saturated rings. The molecule has 0 spiro atoms. The Morgan fingerprint density at radius 1 is 1.24 bits per heavy atom. The number of methoxy groups -OCH3 is 1. The number of likely N-dealkylation sites (N-methyl/N-ethyl adjacent to an activating group) is 1. The molecule has 1 saturated heterocycles. The molecule has 1 aromatic heterocycles. The third kappa shape index (κ3) is 3.58. The molecule has 1 N–H and O–H groups in total. The molecule has 3 rings (SSSR count). The van der Waals surface area contributed by atoms with E-state index in [1.807, 2.05) is 7.05 Å². The van der Waals surface area contributed by atoms with Crippen LogP contribution in [0.25, 0.3) is 0 Å². The maximum absolute atomic E-state index is 13.6. The van der Waals surface area contributed by atoms with Gasteiger partial charge < -0.3 is 10.1 Å². The van der Waals surface area contributed by atoms with Gasteiger partial charge in [-0.25, -0.2) is 13.6 Å². The van der Waals surface area contributed by atoms with Gasteiger partial charge in [0.2, 0.25) is 0 Å². The Morgan fingerprint density at radius 3 is 2.68 bits per heavy atom. The molecule has 25 heavy (non-hydrogen) atoms. The highest BCUT2D eigenvalue weighted by Gasteiger charge is 2.33. The molecule has 0 bridgehead atoms. The van der Waals surface area contributed by atoms with E-state index in [2.05, 4.69) is 25.2 Å². The van der Waals surface area contributed by atoms with E-state index in [0.717, 1.165) is 19.0 Å². The van der Waals surface area contributed by atoms with Gasteiger partial charge in [-0.1, -0.05) is 6.07 Å². The highest BCUT2D eigenvalue weighted by Crippen LogP contribution is 2.33. The van der Waals surface area contributed by atoms with E-state index in [4.69, 9.17) is 0 Å². The van der Waals surface area contributed by atoms with Crippen molar-refractivity contribution in [2.75, 3.05) is 26.0 Å². The third-order valence-corrected chi connectivity index (χ3v) is 4.33. The standard InChI is InChI=1S/C17H18F2N4O2/c1-23-8-7-13(16(23)10-3-4-11(18)12(19)9-10)20-15-6-5-14(21-22-15)17(24)25-2/h3-6,9,13,16H,7-8H2,1-2H3,(H,20,22)/t13-,16+/m0/s1. The predicted octanol–water partition coefficient (Wildman–Crippen LogP) is 2.40. The van der Waals surface area contributed by atoms with Crippen molar-refractivity contribution in [3.63, 3.8) is 0 Å². The number of carbonyl (C=O) groups excluding carboxylic acids is 1. The lowest BCUT2D eigenvalue weighted by atomic mass is 10.00. The molecular weight excluding hydrogens is 330 g/mol. The van der Waals surface area contributed by atoms with E-state index in [9.17, 15) is 13.6 Å². The van der Waals surface area contributed by atoms with E-state index < -0.39 is 17.6 Å². The average Bonchev–Trinajstić information content (AvgIpc) is 2.98. The van der Waals surface area contributed by atoms with Crippen LogP contribution in [0.3, 0.4) is 0 Å². The molecule has 2 aromatic rings. The number of halogens is 2. The Balaban J connectivity index is 1.78. The maximum atomic E-state index is 13.6. The minimum atomic E-state index is -0.863. The van der Waals surface area contributed by atoms with Crippen molar-refractivity contribution in [3.05, 3.63) is 53.2 Å². The van der Waals surface area contributed by atoms with Crippen LogP contribution < -0.4 is 5.32 Å². The number of ether oxygens (including phenoxy) is 1.